The minimum absolute atomic E-state index is 0.0218. The van der Waals surface area contributed by atoms with Gasteiger partial charge in [-0.25, -0.2) is 29.9 Å². The summed E-state index contributed by atoms with van der Waals surface area (Å²) in [6, 6.07) is 18.0. The van der Waals surface area contributed by atoms with Gasteiger partial charge in [0.15, 0.2) is 11.0 Å². The SMILES string of the molecule is Cc1ccc(C(C)C)c(N2C(=O)CS/C2=N\C(=S)CNN(C(=O)OC(C)(C)C)c2ccc(-c3ncn(-c4ccc(OC(F)(F)F)cc4)n3)cc2)c1. The molecule has 2 heterocycles. The molecule has 1 aliphatic rings. The lowest BCUT2D eigenvalue weighted by molar-refractivity contribution is -0.274. The number of halogens is 3. The zero-order valence-electron chi connectivity index (χ0n) is 28.7. The summed E-state index contributed by atoms with van der Waals surface area (Å²) in [5, 5.41) is 6.12. The van der Waals surface area contributed by atoms with Gasteiger partial charge in [-0.3, -0.25) is 9.69 Å². The van der Waals surface area contributed by atoms with Crippen LogP contribution < -0.4 is 20.1 Å². The number of amides is 2. The summed E-state index contributed by atoms with van der Waals surface area (Å²) in [4.78, 5) is 37.1. The summed E-state index contributed by atoms with van der Waals surface area (Å²) < 4.78 is 48.5. The number of thioether (sulfide) groups is 1. The molecule has 0 bridgehead atoms. The Morgan fingerprint density at radius 3 is 2.39 bits per heavy atom. The number of hydrogen-bond acceptors (Lipinski definition) is 9. The summed E-state index contributed by atoms with van der Waals surface area (Å²) in [6.07, 6.45) is -4.04. The van der Waals surface area contributed by atoms with Gasteiger partial charge in [-0.15, -0.1) is 18.3 Å². The molecule has 11 nitrogen and oxygen atoms in total. The van der Waals surface area contributed by atoms with E-state index < -0.39 is 18.1 Å². The number of aromatic nitrogens is 3. The van der Waals surface area contributed by atoms with Gasteiger partial charge in [-0.05, 0) is 99.3 Å². The van der Waals surface area contributed by atoms with Crippen LogP contribution in [0.25, 0.3) is 17.1 Å². The molecule has 0 unspecified atom stereocenters. The summed E-state index contributed by atoms with van der Waals surface area (Å²) >= 11 is 6.91. The summed E-state index contributed by atoms with van der Waals surface area (Å²) in [7, 11) is 0. The summed E-state index contributed by atoms with van der Waals surface area (Å²) in [6.45, 7) is 11.3. The van der Waals surface area contributed by atoms with Crippen molar-refractivity contribution in [2.45, 2.75) is 59.4 Å². The van der Waals surface area contributed by atoms with Crippen LogP contribution in [0.3, 0.4) is 0 Å². The second kappa shape index (κ2) is 15.2. The second-order valence-corrected chi connectivity index (χ2v) is 14.2. The number of rotatable bonds is 9. The van der Waals surface area contributed by atoms with Crippen molar-refractivity contribution in [3.63, 3.8) is 0 Å². The fourth-order valence-corrected chi connectivity index (χ4v) is 6.05. The molecule has 1 aromatic heterocycles. The maximum absolute atomic E-state index is 13.4. The minimum atomic E-state index is -4.79. The third kappa shape index (κ3) is 9.71. The van der Waals surface area contributed by atoms with Crippen LogP contribution in [-0.2, 0) is 9.53 Å². The van der Waals surface area contributed by atoms with E-state index in [1.54, 1.807) is 49.9 Å². The van der Waals surface area contributed by atoms with Gasteiger partial charge in [-0.2, -0.15) is 0 Å². The fraction of sp³-hybridized carbons (Fsp3) is 0.314. The number of nitrogens with one attached hydrogen (secondary N) is 1. The molecule has 0 aliphatic carbocycles. The molecule has 16 heteroatoms. The highest BCUT2D eigenvalue weighted by atomic mass is 32.2. The van der Waals surface area contributed by atoms with Gasteiger partial charge in [0.25, 0.3) is 0 Å². The molecule has 5 rings (SSSR count). The Balaban J connectivity index is 1.32. The van der Waals surface area contributed by atoms with Gasteiger partial charge in [-0.1, -0.05) is 50.0 Å². The van der Waals surface area contributed by atoms with Crippen LogP contribution >= 0.6 is 24.0 Å². The predicted molar refractivity (Wildman–Crippen MR) is 195 cm³/mol. The number of nitrogens with zero attached hydrogens (tertiary/aromatic N) is 6. The van der Waals surface area contributed by atoms with Crippen molar-refractivity contribution in [3.8, 4) is 22.8 Å². The van der Waals surface area contributed by atoms with E-state index in [1.165, 1.54) is 52.0 Å². The number of anilines is 2. The van der Waals surface area contributed by atoms with Crippen LogP contribution in [0.1, 0.15) is 51.7 Å². The zero-order valence-corrected chi connectivity index (χ0v) is 30.3. The molecule has 51 heavy (non-hydrogen) atoms. The molecule has 1 fully saturated rings. The number of carbonyl (C=O) groups is 2. The molecule has 1 N–H and O–H groups in total. The molecule has 0 atom stereocenters. The van der Waals surface area contributed by atoms with Gasteiger partial charge < -0.3 is 9.47 Å². The van der Waals surface area contributed by atoms with Gasteiger partial charge in [0.2, 0.25) is 5.91 Å². The number of aliphatic imine (C=N–C) groups is 1. The Kier molecular flexibility index (Phi) is 11.2. The lowest BCUT2D eigenvalue weighted by atomic mass is 9.99. The maximum atomic E-state index is 13.4. The van der Waals surface area contributed by atoms with Gasteiger partial charge in [0, 0.05) is 5.56 Å². The third-order valence-electron chi connectivity index (χ3n) is 7.21. The van der Waals surface area contributed by atoms with Crippen molar-refractivity contribution in [2.24, 2.45) is 4.99 Å². The van der Waals surface area contributed by atoms with E-state index in [2.05, 4.69) is 39.1 Å². The highest BCUT2D eigenvalue weighted by Gasteiger charge is 2.33. The zero-order chi connectivity index (χ0) is 37.1. The molecule has 4 aromatic rings. The van der Waals surface area contributed by atoms with Crippen molar-refractivity contribution < 1.29 is 32.2 Å². The standard InChI is InChI=1S/C35H36F3N7O4S2/c1-21(2)27-16-7-22(3)17-28(27)44-30(46)19-51-32(44)41-29(50)18-40-45(33(47)49-34(4,5)6)25-10-8-23(9-11-25)31-39-20-43(42-31)24-12-14-26(15-13-24)48-35(36,37)38/h7-17,20-21,40H,18-19H2,1-6H3/b41-32-. The van der Waals surface area contributed by atoms with E-state index in [0.29, 0.717) is 27.9 Å². The number of aryl methyl sites for hydroxylation is 1. The van der Waals surface area contributed by atoms with Crippen LogP contribution in [0.4, 0.5) is 29.3 Å². The summed E-state index contributed by atoms with van der Waals surface area (Å²) in [5.41, 5.74) is 6.54. The molecule has 0 saturated carbocycles. The number of alkyl halides is 3. The lowest BCUT2D eigenvalue weighted by Crippen LogP contribution is -2.47. The number of carbonyl (C=O) groups excluding carboxylic acids is 2. The van der Waals surface area contributed by atoms with Crippen molar-refractivity contribution >= 4 is 57.5 Å². The number of benzene rings is 3. The van der Waals surface area contributed by atoms with E-state index in [0.717, 1.165) is 16.8 Å². The number of ether oxygens (including phenoxy) is 2. The second-order valence-electron chi connectivity index (χ2n) is 12.8. The Labute approximate surface area is 302 Å². The molecule has 1 saturated heterocycles. The van der Waals surface area contributed by atoms with Crippen LogP contribution in [0.2, 0.25) is 0 Å². The first kappa shape index (κ1) is 37.5. The first-order valence-electron chi connectivity index (χ1n) is 15.8. The average Bonchev–Trinajstić information content (AvgIpc) is 3.67. The largest absolute Gasteiger partial charge is 0.573 e. The molecule has 0 radical (unpaired) electrons. The van der Waals surface area contributed by atoms with E-state index in [4.69, 9.17) is 17.0 Å². The van der Waals surface area contributed by atoms with Crippen LogP contribution in [0.5, 0.6) is 5.75 Å². The quantitative estimate of drug-likeness (QED) is 0.135. The van der Waals surface area contributed by atoms with E-state index >= 15 is 0 Å². The Hall–Kier alpha value is -4.80. The molecule has 1 aliphatic heterocycles. The Morgan fingerprint density at radius 1 is 1.08 bits per heavy atom. The van der Waals surface area contributed by atoms with Crippen molar-refractivity contribution in [1.29, 1.82) is 0 Å². The first-order valence-corrected chi connectivity index (χ1v) is 17.2. The molecule has 0 spiro atoms. The average molecular weight is 740 g/mol. The van der Waals surface area contributed by atoms with Crippen molar-refractivity contribution in [1.82, 2.24) is 20.2 Å². The summed E-state index contributed by atoms with van der Waals surface area (Å²) in [5.74, 6) is 0.304. The normalized spacial score (nSPS) is 14.4. The predicted octanol–water partition coefficient (Wildman–Crippen LogP) is 7.97. The first-order chi connectivity index (χ1) is 24.0. The highest BCUT2D eigenvalue weighted by Crippen LogP contribution is 2.34. The Bertz CT molecular complexity index is 1940. The Morgan fingerprint density at radius 2 is 1.76 bits per heavy atom. The maximum Gasteiger partial charge on any atom is 0.573 e. The number of hydrazine groups is 1. The third-order valence-corrected chi connectivity index (χ3v) is 8.37. The van der Waals surface area contributed by atoms with E-state index in [-0.39, 0.29) is 34.9 Å². The molecular weight excluding hydrogens is 704 g/mol. The monoisotopic (exact) mass is 739 g/mol. The molecule has 268 valence electrons. The lowest BCUT2D eigenvalue weighted by Gasteiger charge is -2.28. The fourth-order valence-electron chi connectivity index (χ4n) is 4.96. The van der Waals surface area contributed by atoms with Gasteiger partial charge in [0.05, 0.1) is 29.4 Å². The van der Waals surface area contributed by atoms with Crippen LogP contribution in [0.15, 0.2) is 78.0 Å². The van der Waals surface area contributed by atoms with Crippen LogP contribution in [0, 0.1) is 6.92 Å². The number of hydrogen-bond donors (Lipinski definition) is 1. The molecular formula is C35H36F3N7O4S2. The van der Waals surface area contributed by atoms with Crippen LogP contribution in [-0.4, -0.2) is 61.2 Å². The van der Waals surface area contributed by atoms with Crippen molar-refractivity contribution in [3.05, 3.63) is 84.2 Å². The van der Waals surface area contributed by atoms with Gasteiger partial charge in [0.1, 0.15) is 22.7 Å². The van der Waals surface area contributed by atoms with Crippen molar-refractivity contribution in [2.75, 3.05) is 22.2 Å². The smallest absolute Gasteiger partial charge is 0.442 e. The number of amidine groups is 1. The van der Waals surface area contributed by atoms with E-state index in [9.17, 15) is 22.8 Å². The minimum Gasteiger partial charge on any atom is -0.442 e. The molecule has 3 aromatic carbocycles. The number of thiocarbonyl (C=S) groups is 1. The van der Waals surface area contributed by atoms with Gasteiger partial charge >= 0.3 is 12.5 Å². The highest BCUT2D eigenvalue weighted by molar-refractivity contribution is 8.15. The van der Waals surface area contributed by atoms with E-state index in [1.807, 2.05) is 25.1 Å². The molecule has 2 amide bonds. The topological polar surface area (TPSA) is 114 Å².